The average Bonchev–Trinajstić information content (AvgIpc) is 2.62. The zero-order chi connectivity index (χ0) is 19.3. The van der Waals surface area contributed by atoms with Gasteiger partial charge >= 0.3 is 18.9 Å². The summed E-state index contributed by atoms with van der Waals surface area (Å²) in [4.78, 5) is 12.9. The monoisotopic (exact) mass is 382 g/mol. The first-order valence-corrected chi connectivity index (χ1v) is 9.12. The molecule has 5 nitrogen and oxygen atoms in total. The average molecular weight is 382 g/mol. The summed E-state index contributed by atoms with van der Waals surface area (Å²) in [5.41, 5.74) is 1.28. The van der Waals surface area contributed by atoms with Crippen molar-refractivity contribution in [3.8, 4) is 23.0 Å². The summed E-state index contributed by atoms with van der Waals surface area (Å²) in [6.07, 6.45) is 0.104. The van der Waals surface area contributed by atoms with Crippen molar-refractivity contribution in [2.75, 3.05) is 21.3 Å². The van der Waals surface area contributed by atoms with E-state index in [4.69, 9.17) is 18.9 Å². The summed E-state index contributed by atoms with van der Waals surface area (Å²) in [6, 6.07) is 9.09. The third-order valence-electron chi connectivity index (χ3n) is 3.69. The topological polar surface area (TPSA) is 54.0 Å². The van der Waals surface area contributed by atoms with E-state index in [-0.39, 0.29) is 30.5 Å². The Morgan fingerprint density at radius 2 is 1.52 bits per heavy atom. The van der Waals surface area contributed by atoms with Crippen LogP contribution in [0.15, 0.2) is 30.3 Å². The molecule has 2 rings (SSSR count). The van der Waals surface area contributed by atoms with Gasteiger partial charge in [0.15, 0.2) is 0 Å². The third-order valence-corrected chi connectivity index (χ3v) is 4.86. The molecule has 0 aliphatic rings. The van der Waals surface area contributed by atoms with Crippen LogP contribution in [0.5, 0.6) is 23.0 Å². The Balaban J connectivity index is 0.00000364. The number of aryl methyl sites for hydroxylation is 1. The van der Waals surface area contributed by atoms with Crippen LogP contribution < -0.4 is 43.1 Å². The van der Waals surface area contributed by atoms with Crippen LogP contribution in [0.25, 0.3) is 0 Å². The molecule has 0 aliphatic carbocycles. The Labute approximate surface area is 174 Å². The maximum Gasteiger partial charge on any atom is 1.00 e. The summed E-state index contributed by atoms with van der Waals surface area (Å²) in [5, 5.41) is 0.908. The molecule has 0 atom stereocenters. The molecule has 0 radical (unpaired) electrons. The molecule has 0 aromatic heterocycles. The van der Waals surface area contributed by atoms with Gasteiger partial charge in [0.1, 0.15) is 23.0 Å². The van der Waals surface area contributed by atoms with Crippen molar-refractivity contribution in [3.63, 3.8) is 0 Å². The molecule has 140 valence electrons. The van der Waals surface area contributed by atoms with Gasteiger partial charge in [-0.05, 0) is 32.9 Å². The fourth-order valence-electron chi connectivity index (χ4n) is 2.48. The normalized spacial score (nSPS) is 10.6. The predicted octanol–water partition coefficient (Wildman–Crippen LogP) is 1.22. The minimum absolute atomic E-state index is 0. The number of ether oxygens (including phenoxy) is 4. The van der Waals surface area contributed by atoms with E-state index in [1.54, 1.807) is 19.2 Å². The van der Waals surface area contributed by atoms with E-state index in [0.717, 1.165) is 16.6 Å². The summed E-state index contributed by atoms with van der Waals surface area (Å²) >= 11 is 0. The van der Waals surface area contributed by atoms with E-state index in [9.17, 15) is 4.79 Å². The van der Waals surface area contributed by atoms with Crippen molar-refractivity contribution in [3.05, 3.63) is 41.5 Å². The maximum absolute atomic E-state index is 12.9. The van der Waals surface area contributed by atoms with Gasteiger partial charge in [-0.2, -0.15) is 5.30 Å². The quantitative estimate of drug-likeness (QED) is 0.508. The number of rotatable bonds is 8. The van der Waals surface area contributed by atoms with Crippen LogP contribution >= 0.6 is 8.58 Å². The fourth-order valence-corrected chi connectivity index (χ4v) is 3.42. The molecule has 0 N–H and O–H groups in total. The van der Waals surface area contributed by atoms with E-state index in [1.165, 1.54) is 14.2 Å². The number of carbonyl (C=O) groups excluding carboxylic acids is 1. The van der Waals surface area contributed by atoms with Gasteiger partial charge in [0, 0.05) is 17.7 Å². The first-order chi connectivity index (χ1) is 12.4. The van der Waals surface area contributed by atoms with Gasteiger partial charge in [0.05, 0.1) is 33.0 Å². The standard InChI is InChI=1S/C20H24O5P.Li/c1-12(2)25-14-7-8-18(13(3)9-14)26-20(21)19-16(23-5)10-15(22-4)11-17(19)24-6;/h7-12H,1-6H3;/q-1;+1. The summed E-state index contributed by atoms with van der Waals surface area (Å²) in [7, 11) is 5.13. The van der Waals surface area contributed by atoms with E-state index >= 15 is 0 Å². The molecule has 0 heterocycles. The molecular weight excluding hydrogens is 358 g/mol. The van der Waals surface area contributed by atoms with E-state index < -0.39 is 0 Å². The molecule has 0 spiro atoms. The van der Waals surface area contributed by atoms with Crippen LogP contribution in [0.1, 0.15) is 29.8 Å². The Morgan fingerprint density at radius 1 is 0.926 bits per heavy atom. The van der Waals surface area contributed by atoms with Crippen LogP contribution in [-0.4, -0.2) is 33.0 Å². The molecule has 0 bridgehead atoms. The molecule has 7 heteroatoms. The van der Waals surface area contributed by atoms with Crippen molar-refractivity contribution >= 4 is 19.4 Å². The van der Waals surface area contributed by atoms with Crippen molar-refractivity contribution in [1.82, 2.24) is 0 Å². The third kappa shape index (κ3) is 5.91. The Hall–Kier alpha value is -1.66. The summed E-state index contributed by atoms with van der Waals surface area (Å²) in [5.74, 6) is 2.22. The molecule has 27 heavy (non-hydrogen) atoms. The second kappa shape index (κ2) is 10.6. The Morgan fingerprint density at radius 3 is 1.96 bits per heavy atom. The Kier molecular flexibility index (Phi) is 9.19. The second-order valence-corrected chi connectivity index (χ2v) is 7.05. The number of methoxy groups -OCH3 is 3. The van der Waals surface area contributed by atoms with Crippen LogP contribution in [0.3, 0.4) is 0 Å². The molecule has 2 aromatic carbocycles. The van der Waals surface area contributed by atoms with Crippen molar-refractivity contribution < 1.29 is 42.6 Å². The molecule has 0 unspecified atom stereocenters. The zero-order valence-electron chi connectivity index (χ0n) is 17.0. The Bertz CT molecular complexity index is 767. The summed E-state index contributed by atoms with van der Waals surface area (Å²) < 4.78 is 21.7. The molecule has 2 aromatic rings. The predicted molar refractivity (Wildman–Crippen MR) is 104 cm³/mol. The van der Waals surface area contributed by atoms with E-state index in [1.807, 2.05) is 39.0 Å². The minimum Gasteiger partial charge on any atom is -0.496 e. The molecular formula is C20H24LiO5P. The van der Waals surface area contributed by atoms with Crippen molar-refractivity contribution in [2.45, 2.75) is 26.9 Å². The van der Waals surface area contributed by atoms with Gasteiger partial charge in [0.25, 0.3) is 0 Å². The largest absolute Gasteiger partial charge is 1.00 e. The first kappa shape index (κ1) is 23.4. The van der Waals surface area contributed by atoms with Gasteiger partial charge in [0.2, 0.25) is 0 Å². The fraction of sp³-hybridized carbons (Fsp3) is 0.350. The first-order valence-electron chi connectivity index (χ1n) is 8.23. The SMILES string of the molecule is COc1cc(OC)c(C(=O)[P-]c2ccc(OC(C)C)cc2C)c(OC)c1.[Li+]. The molecule has 0 amide bonds. The zero-order valence-corrected chi connectivity index (χ0v) is 17.8. The van der Waals surface area contributed by atoms with Gasteiger partial charge in [-0.3, -0.25) is 0 Å². The van der Waals surface area contributed by atoms with E-state index in [0.29, 0.717) is 31.4 Å². The number of hydrogen-bond acceptors (Lipinski definition) is 5. The molecule has 0 aliphatic heterocycles. The van der Waals surface area contributed by atoms with Crippen LogP contribution in [0.4, 0.5) is 0 Å². The number of benzene rings is 2. The number of carbonyl (C=O) groups is 1. The molecule has 0 saturated carbocycles. The molecule has 0 saturated heterocycles. The van der Waals surface area contributed by atoms with E-state index in [2.05, 4.69) is 0 Å². The van der Waals surface area contributed by atoms with Gasteiger partial charge in [-0.15, -0.1) is 0 Å². The van der Waals surface area contributed by atoms with Gasteiger partial charge < -0.3 is 32.3 Å². The minimum atomic E-state index is -0.109. The molecule has 0 fully saturated rings. The van der Waals surface area contributed by atoms with Gasteiger partial charge in [-0.1, -0.05) is 11.6 Å². The van der Waals surface area contributed by atoms with Crippen molar-refractivity contribution in [1.29, 1.82) is 0 Å². The second-order valence-electron chi connectivity index (χ2n) is 5.94. The van der Waals surface area contributed by atoms with Crippen LogP contribution in [0, 0.1) is 6.92 Å². The maximum atomic E-state index is 12.9. The smallest absolute Gasteiger partial charge is 0.496 e. The van der Waals surface area contributed by atoms with Crippen molar-refractivity contribution in [2.24, 2.45) is 0 Å². The number of hydrogen-bond donors (Lipinski definition) is 0. The van der Waals surface area contributed by atoms with Crippen LogP contribution in [0.2, 0.25) is 0 Å². The summed E-state index contributed by atoms with van der Waals surface area (Å²) in [6.45, 7) is 5.92. The van der Waals surface area contributed by atoms with Gasteiger partial charge in [-0.25, -0.2) is 0 Å². The van der Waals surface area contributed by atoms with Crippen LogP contribution in [-0.2, 0) is 0 Å².